The Labute approximate surface area is 245 Å². The zero-order valence-electron chi connectivity index (χ0n) is 23.6. The summed E-state index contributed by atoms with van der Waals surface area (Å²) in [5.41, 5.74) is 4.52. The fourth-order valence-electron chi connectivity index (χ4n) is 4.68. The van der Waals surface area contributed by atoms with E-state index < -0.39 is 0 Å². The van der Waals surface area contributed by atoms with E-state index in [4.69, 9.17) is 0 Å². The smallest absolute Gasteiger partial charge is 0.872 e. The number of hydrogen-bond acceptors (Lipinski definition) is 2. The van der Waals surface area contributed by atoms with Crippen LogP contribution in [0.25, 0.3) is 44.8 Å². The van der Waals surface area contributed by atoms with E-state index in [-0.39, 0.29) is 21.6 Å². The molecule has 2 aromatic heterocycles. The first-order valence-corrected chi connectivity index (χ1v) is 13.2. The fourth-order valence-corrected chi connectivity index (χ4v) is 4.68. The molecule has 0 unspecified atom stereocenters. The van der Waals surface area contributed by atoms with Crippen molar-refractivity contribution in [1.82, 2.24) is 4.57 Å². The number of hydrogen-bond donors (Lipinski definition) is 0. The van der Waals surface area contributed by atoms with Gasteiger partial charge in [0.25, 0.3) is 5.82 Å². The maximum atomic E-state index is 12.4. The number of aryl methyl sites for hydroxylation is 1. The second-order valence-corrected chi connectivity index (χ2v) is 9.00. The molecule has 41 heavy (non-hydrogen) atoms. The van der Waals surface area contributed by atoms with Gasteiger partial charge in [0.1, 0.15) is 11.4 Å². The van der Waals surface area contributed by atoms with Crippen LogP contribution in [0.1, 0.15) is 25.2 Å². The van der Waals surface area contributed by atoms with Gasteiger partial charge in [0.05, 0.1) is 5.56 Å². The number of aromatic amines is 2. The van der Waals surface area contributed by atoms with E-state index >= 15 is 0 Å². The molecule has 0 spiro atoms. The number of nitrogens with one attached hydrogen (secondary N) is 2. The fraction of sp³-hybridized carbons (Fsp3) is 0.0857. The van der Waals surface area contributed by atoms with E-state index in [1.165, 1.54) is 0 Å². The Morgan fingerprint density at radius 1 is 0.902 bits per heavy atom. The van der Waals surface area contributed by atoms with Crippen molar-refractivity contribution in [2.45, 2.75) is 20.3 Å². The maximum absolute atomic E-state index is 12.4. The van der Waals surface area contributed by atoms with Crippen LogP contribution in [0.15, 0.2) is 123 Å². The molecule has 0 aliphatic carbocycles. The molecule has 5 nitrogen and oxygen atoms in total. The van der Waals surface area contributed by atoms with Crippen LogP contribution in [0.3, 0.4) is 0 Å². The summed E-state index contributed by atoms with van der Waals surface area (Å²) in [5.74, 6) is 0.816. The Kier molecular flexibility index (Phi) is 10.7. The molecule has 0 amide bonds. The van der Waals surface area contributed by atoms with Crippen molar-refractivity contribution in [3.05, 3.63) is 134 Å². The number of rotatable bonds is 7. The Hall–Kier alpha value is -4.99. The van der Waals surface area contributed by atoms with Gasteiger partial charge in [0.2, 0.25) is 5.52 Å². The number of allylic oxidation sites excluding steroid dienone is 7. The van der Waals surface area contributed by atoms with Crippen LogP contribution in [0.2, 0.25) is 0 Å². The summed E-state index contributed by atoms with van der Waals surface area (Å²) in [6, 6.07) is 20.3. The molecule has 0 fully saturated rings. The van der Waals surface area contributed by atoms with Gasteiger partial charge in [-0.05, 0) is 48.7 Å². The van der Waals surface area contributed by atoms with Crippen LogP contribution < -0.4 is 20.2 Å². The van der Waals surface area contributed by atoms with Crippen molar-refractivity contribution >= 4 is 43.6 Å². The Bertz CT molecular complexity index is 1760. The first kappa shape index (κ1) is 30.5. The molecular weight excluding hydrogens is 503 g/mol. The van der Waals surface area contributed by atoms with Gasteiger partial charge in [-0.1, -0.05) is 98.3 Å². The van der Waals surface area contributed by atoms with Gasteiger partial charge in [0.15, 0.2) is 11.9 Å². The first-order chi connectivity index (χ1) is 19.5. The van der Waals surface area contributed by atoms with E-state index in [1.807, 2.05) is 86.0 Å². The van der Waals surface area contributed by atoms with Gasteiger partial charge < -0.3 is 10.2 Å². The van der Waals surface area contributed by atoms with E-state index in [1.54, 1.807) is 36.4 Å². The molecule has 0 bridgehead atoms. The maximum Gasteiger partial charge on any atom is 2.00 e. The standard InChI is InChI=1S/C22H24N2O.C13H9NO.Be/c1-5-9-15-20-19(8-4)23-22(18-14-10-11-16-21(18)25)24(20)17(12-6-2)13-7-3;15-11-5-1-3-9-6-7-10-4-2-8-14-13(10)12(9)11;/h5-7,9-16,25H,1-2,8H2,3-4H3;1-8,15H;/q;;+2/b13-7-,15-9-,17-12+;;. The van der Waals surface area contributed by atoms with Crippen LogP contribution in [-0.4, -0.2) is 14.7 Å². The van der Waals surface area contributed by atoms with Crippen molar-refractivity contribution in [1.29, 1.82) is 0 Å². The number of para-hydroxylation sites is 1. The molecule has 5 aromatic rings. The van der Waals surface area contributed by atoms with Crippen molar-refractivity contribution in [3.63, 3.8) is 0 Å². The molecule has 2 heterocycles. The average Bonchev–Trinajstić information content (AvgIpc) is 3.34. The van der Waals surface area contributed by atoms with E-state index in [0.717, 1.165) is 51.0 Å². The SMILES string of the molecule is C=C/C=C\c1c(CC)[nH+]c(-c2ccccc2[O-])n1C(/C=C\C)=C/C=C.[Be+2].[O-]c1cccc2ccc3ccc[nH+]c3c12. The largest absolute Gasteiger partial charge is 2.00 e. The number of aromatic nitrogens is 3. The quantitative estimate of drug-likeness (QED) is 0.147. The van der Waals surface area contributed by atoms with Crippen LogP contribution in [0.4, 0.5) is 0 Å². The minimum Gasteiger partial charge on any atom is -0.872 e. The minimum absolute atomic E-state index is 0. The van der Waals surface area contributed by atoms with Crippen LogP contribution in [0.5, 0.6) is 11.5 Å². The summed E-state index contributed by atoms with van der Waals surface area (Å²) in [7, 11) is 0. The predicted molar refractivity (Wildman–Crippen MR) is 167 cm³/mol. The number of fused-ring (bicyclic) bond motifs is 3. The average molecular weight is 537 g/mol. The number of pyridine rings is 1. The second-order valence-electron chi connectivity index (χ2n) is 9.00. The van der Waals surface area contributed by atoms with E-state index in [2.05, 4.69) is 34.6 Å². The van der Waals surface area contributed by atoms with Crippen LogP contribution in [-0.2, 0) is 6.42 Å². The summed E-state index contributed by atoms with van der Waals surface area (Å²) in [6.45, 7) is 11.6. The summed E-state index contributed by atoms with van der Waals surface area (Å²) in [5, 5.41) is 27.0. The molecule has 2 N–H and O–H groups in total. The molecule has 3 aromatic carbocycles. The zero-order chi connectivity index (χ0) is 28.5. The van der Waals surface area contributed by atoms with Crippen LogP contribution in [0, 0.1) is 0 Å². The zero-order valence-corrected chi connectivity index (χ0v) is 23.6. The third kappa shape index (κ3) is 6.60. The van der Waals surface area contributed by atoms with Gasteiger partial charge in [-0.2, -0.15) is 4.57 Å². The monoisotopic (exact) mass is 536 g/mol. The van der Waals surface area contributed by atoms with Gasteiger partial charge in [-0.15, -0.1) is 0 Å². The van der Waals surface area contributed by atoms with Crippen LogP contribution >= 0.6 is 0 Å². The van der Waals surface area contributed by atoms with Crippen molar-refractivity contribution in [3.8, 4) is 22.9 Å². The minimum atomic E-state index is -0.0159. The normalized spacial score (nSPS) is 11.4. The molecule has 200 valence electrons. The summed E-state index contributed by atoms with van der Waals surface area (Å²) in [6.07, 6.45) is 15.9. The number of benzene rings is 3. The number of imidazole rings is 1. The number of H-pyrrole nitrogens is 2. The molecule has 0 atom stereocenters. The molecule has 0 radical (unpaired) electrons. The van der Waals surface area contributed by atoms with Gasteiger partial charge in [-0.3, -0.25) is 0 Å². The third-order valence-electron chi connectivity index (χ3n) is 6.45. The molecule has 6 heteroatoms. The van der Waals surface area contributed by atoms with E-state index in [0.29, 0.717) is 5.56 Å². The number of nitrogens with zero attached hydrogens (tertiary/aromatic N) is 1. The van der Waals surface area contributed by atoms with Crippen molar-refractivity contribution in [2.24, 2.45) is 0 Å². The molecule has 0 saturated heterocycles. The Morgan fingerprint density at radius 3 is 2.34 bits per heavy atom. The summed E-state index contributed by atoms with van der Waals surface area (Å²) >= 11 is 0. The molecule has 0 aliphatic rings. The van der Waals surface area contributed by atoms with Gasteiger partial charge >= 0.3 is 10.1 Å². The predicted octanol–water partition coefficient (Wildman–Crippen LogP) is 5.91. The molecule has 0 aliphatic heterocycles. The third-order valence-corrected chi connectivity index (χ3v) is 6.45. The second kappa shape index (κ2) is 14.4. The van der Waals surface area contributed by atoms with Crippen molar-refractivity contribution in [2.75, 3.05) is 0 Å². The summed E-state index contributed by atoms with van der Waals surface area (Å²) in [4.78, 5) is 6.57. The molecule has 0 saturated carbocycles. The first-order valence-electron chi connectivity index (χ1n) is 13.2. The topological polar surface area (TPSA) is 79.3 Å². The molecular formula is C35H33BeN3O2+2. The Balaban J connectivity index is 0.000000245. The van der Waals surface area contributed by atoms with Crippen molar-refractivity contribution < 1.29 is 20.2 Å². The molecule has 5 rings (SSSR count). The van der Waals surface area contributed by atoms with Gasteiger partial charge in [-0.25, -0.2) is 9.97 Å². The summed E-state index contributed by atoms with van der Waals surface area (Å²) < 4.78 is 2.05. The Morgan fingerprint density at radius 2 is 1.63 bits per heavy atom. The van der Waals surface area contributed by atoms with E-state index in [9.17, 15) is 10.2 Å². The van der Waals surface area contributed by atoms with Gasteiger partial charge in [0, 0.05) is 23.3 Å².